The van der Waals surface area contributed by atoms with Gasteiger partial charge in [-0.25, -0.2) is 0 Å². The Bertz CT molecular complexity index is 2270. The fourth-order valence-corrected chi connectivity index (χ4v) is 16.7. The van der Waals surface area contributed by atoms with Crippen LogP contribution in [0.2, 0.25) is 0 Å². The second-order valence-electron chi connectivity index (χ2n) is 57.2. The largest absolute Gasteiger partial charge is 0.373 e. The lowest BCUT2D eigenvalue weighted by molar-refractivity contribution is -0.144. The highest BCUT2D eigenvalue weighted by Crippen LogP contribution is 2.35. The zero-order chi connectivity index (χ0) is 96.7. The second-order valence-corrected chi connectivity index (χ2v) is 57.2. The predicted molar refractivity (Wildman–Crippen MR) is 539 cm³/mol. The van der Waals surface area contributed by atoms with E-state index < -0.39 is 0 Å². The molecular formula is C105H223N13O5. The first-order chi connectivity index (χ1) is 54.0. The lowest BCUT2D eigenvalue weighted by Crippen LogP contribution is -2.66. The summed E-state index contributed by atoms with van der Waals surface area (Å²) >= 11 is 0. The van der Waals surface area contributed by atoms with Gasteiger partial charge in [0, 0.05) is 172 Å². The lowest BCUT2D eigenvalue weighted by atomic mass is 9.83. The lowest BCUT2D eigenvalue weighted by Gasteiger charge is -2.49. The number of likely N-dealkylation sites (tertiary alicyclic amines) is 3. The van der Waals surface area contributed by atoms with Gasteiger partial charge >= 0.3 is 0 Å². The predicted octanol–water partition coefficient (Wildman–Crippen LogP) is 21.5. The van der Waals surface area contributed by atoms with E-state index in [0.717, 1.165) is 88.6 Å². The van der Waals surface area contributed by atoms with Gasteiger partial charge in [0.25, 0.3) is 0 Å². The van der Waals surface area contributed by atoms with E-state index in [1.54, 1.807) is 0 Å². The number of hydrogen-bond acceptors (Lipinski definition) is 18. The summed E-state index contributed by atoms with van der Waals surface area (Å²) in [6.45, 7) is 126. The summed E-state index contributed by atoms with van der Waals surface area (Å²) in [7, 11) is 0. The SMILES string of the molecule is CC(C)(C)NC1CC(NC(C)(C)C)C1.CC(C)(C)NC1CC(NC(C)(C)C)C1.CC(C)(C)NC1CC(OC(C)(C)C)C1.CC(C)(C)NC1CC(OC(C)(C)C)C1.CC(C)(C)NC1CC(OC(C)(C)C)C1.CC(C)(C)NC1CC(OC(C)(C)C)C1.CC(C)(C)NC1CN(C(C)(C)C)C1.CC(C)(C)NC1CN(C(C)(C)C)C1.CC(C)(C)OC1CN(C(C)(C)C)C1. The average molecular weight is 1750 g/mol. The van der Waals surface area contributed by atoms with Crippen LogP contribution < -0.4 is 53.2 Å². The first kappa shape index (κ1) is 120. The maximum atomic E-state index is 5.88. The van der Waals surface area contributed by atoms with Crippen LogP contribution in [0, 0.1) is 0 Å². The number of nitrogens with one attached hydrogen (secondary N) is 10. The van der Waals surface area contributed by atoms with Gasteiger partial charge in [0.1, 0.15) is 0 Å². The summed E-state index contributed by atoms with van der Waals surface area (Å²) in [6.07, 6.45) is 16.7. The summed E-state index contributed by atoms with van der Waals surface area (Å²) in [6, 6.07) is 6.88. The Labute approximate surface area is 768 Å². The summed E-state index contributed by atoms with van der Waals surface area (Å²) in [4.78, 5) is 7.47. The molecule has 18 nitrogen and oxygen atoms in total. The summed E-state index contributed by atoms with van der Waals surface area (Å²) in [5, 5.41) is 36.1. The molecule has 123 heavy (non-hydrogen) atoms. The van der Waals surface area contributed by atoms with Crippen molar-refractivity contribution in [1.82, 2.24) is 67.9 Å². The molecule has 10 N–H and O–H groups in total. The smallest absolute Gasteiger partial charge is 0.0836 e. The summed E-state index contributed by atoms with van der Waals surface area (Å²) in [5.74, 6) is 0. The molecule has 3 heterocycles. The highest BCUT2D eigenvalue weighted by atomic mass is 16.5. The van der Waals surface area contributed by atoms with Crippen LogP contribution in [0.4, 0.5) is 0 Å². The van der Waals surface area contributed by atoms with Gasteiger partial charge in [0.15, 0.2) is 0 Å². The Morgan fingerprint density at radius 1 is 0.146 bits per heavy atom. The molecule has 0 radical (unpaired) electrons. The summed E-state index contributed by atoms with van der Waals surface area (Å²) < 4.78 is 29.4. The molecule has 0 unspecified atom stereocenters. The molecule has 0 aromatic heterocycles. The van der Waals surface area contributed by atoms with Crippen molar-refractivity contribution in [1.29, 1.82) is 0 Å². The topological polar surface area (TPSA) is 176 Å². The Hall–Kier alpha value is -0.720. The third-order valence-electron chi connectivity index (χ3n) is 21.1. The highest BCUT2D eigenvalue weighted by Gasteiger charge is 2.43. The van der Waals surface area contributed by atoms with Crippen molar-refractivity contribution in [2.45, 2.75) is 642 Å². The quantitative estimate of drug-likeness (QED) is 0.0749. The van der Waals surface area contributed by atoms with Crippen LogP contribution in [0.25, 0.3) is 0 Å². The van der Waals surface area contributed by atoms with E-state index in [4.69, 9.17) is 23.7 Å². The average Bonchev–Trinajstić information content (AvgIpc) is 0.811. The van der Waals surface area contributed by atoms with E-state index in [-0.39, 0.29) is 83.4 Å². The fraction of sp³-hybridized carbons (Fsp3) is 1.00. The van der Waals surface area contributed by atoms with E-state index in [9.17, 15) is 0 Å². The van der Waals surface area contributed by atoms with Crippen LogP contribution in [-0.2, 0) is 23.7 Å². The molecule has 0 aromatic rings. The van der Waals surface area contributed by atoms with Gasteiger partial charge in [-0.05, 0) is 451 Å². The van der Waals surface area contributed by atoms with Crippen molar-refractivity contribution in [3.05, 3.63) is 0 Å². The highest BCUT2D eigenvalue weighted by molar-refractivity contribution is 5.02. The third-order valence-corrected chi connectivity index (χ3v) is 21.1. The molecule has 9 rings (SSSR count). The van der Waals surface area contributed by atoms with Gasteiger partial charge in [-0.3, -0.25) is 14.7 Å². The molecular weight excluding hydrogens is 1520 g/mol. The van der Waals surface area contributed by atoms with E-state index in [0.29, 0.717) is 83.4 Å². The second kappa shape index (κ2) is 46.5. The van der Waals surface area contributed by atoms with E-state index >= 15 is 0 Å². The van der Waals surface area contributed by atoms with Crippen LogP contribution in [0.1, 0.15) is 451 Å². The minimum atomic E-state index is 0.00857. The van der Waals surface area contributed by atoms with E-state index in [1.165, 1.54) is 51.9 Å². The molecule has 6 saturated carbocycles. The Morgan fingerprint density at radius 3 is 0.382 bits per heavy atom. The van der Waals surface area contributed by atoms with Crippen molar-refractivity contribution in [2.75, 3.05) is 39.3 Å². The molecule has 0 bridgehead atoms. The molecule has 0 aromatic carbocycles. The molecule has 6 aliphatic carbocycles. The van der Waals surface area contributed by atoms with Gasteiger partial charge in [-0.15, -0.1) is 0 Å². The fourth-order valence-electron chi connectivity index (χ4n) is 16.7. The van der Waals surface area contributed by atoms with Gasteiger partial charge in [-0.1, -0.05) is 0 Å². The zero-order valence-electron chi connectivity index (χ0n) is 92.8. The Balaban J connectivity index is 0.000000692. The molecule has 3 saturated heterocycles. The van der Waals surface area contributed by atoms with Crippen molar-refractivity contribution >= 4 is 0 Å². The third kappa shape index (κ3) is 63.9. The van der Waals surface area contributed by atoms with Crippen molar-refractivity contribution in [2.24, 2.45) is 0 Å². The minimum absolute atomic E-state index is 0.00857. The minimum Gasteiger partial charge on any atom is -0.373 e. The number of ether oxygens (including phenoxy) is 5. The molecule has 9 fully saturated rings. The Morgan fingerprint density at radius 2 is 0.260 bits per heavy atom. The molecule has 3 aliphatic heterocycles. The first-order valence-corrected chi connectivity index (χ1v) is 49.4. The molecule has 0 amide bonds. The zero-order valence-corrected chi connectivity index (χ0v) is 92.8. The van der Waals surface area contributed by atoms with Crippen LogP contribution in [0.15, 0.2) is 0 Å². The van der Waals surface area contributed by atoms with Gasteiger partial charge in [0.2, 0.25) is 0 Å². The maximum Gasteiger partial charge on any atom is 0.0836 e. The molecule has 9 aliphatic rings. The van der Waals surface area contributed by atoms with Gasteiger partial charge in [-0.2, -0.15) is 0 Å². The normalized spacial score (nSPS) is 26.5. The molecule has 0 spiro atoms. The Kier molecular flexibility index (Phi) is 45.5. The molecule has 18 heteroatoms. The van der Waals surface area contributed by atoms with Gasteiger partial charge < -0.3 is 76.9 Å². The van der Waals surface area contributed by atoms with Crippen molar-refractivity contribution < 1.29 is 23.7 Å². The standard InChI is InChI=1S/2C12H26N2.4C12H25NO.2C11H24N2.C11H23NO/c6*1-11(2,3)13-9-7-10(8-9)14-12(4,5)6;2*1-10(2,3)12-9-7-13(8-9)11(4,5)6;1-10(2,3)12-7-9(8-12)13-11(4,5)6/h2*9-10,13-14H,7-8H2,1-6H3;4*9-10,13H,7-8H2,1-6H3;2*9,12H,7-8H2,1-6H3;9H,7-8H2,1-6H3. The molecule has 0 atom stereocenters. The maximum absolute atomic E-state index is 5.88. The first-order valence-electron chi connectivity index (χ1n) is 49.4. The van der Waals surface area contributed by atoms with E-state index in [2.05, 4.69) is 442 Å². The van der Waals surface area contributed by atoms with Crippen LogP contribution in [-0.4, -0.2) is 245 Å². The van der Waals surface area contributed by atoms with Crippen LogP contribution in [0.3, 0.4) is 0 Å². The number of hydrogen-bond donors (Lipinski definition) is 10. The van der Waals surface area contributed by atoms with E-state index in [1.807, 2.05) is 0 Å². The number of nitrogens with zero attached hydrogens (tertiary/aromatic N) is 3. The van der Waals surface area contributed by atoms with Crippen molar-refractivity contribution in [3.8, 4) is 0 Å². The van der Waals surface area contributed by atoms with Gasteiger partial charge in [0.05, 0.1) is 58.5 Å². The number of rotatable bonds is 15. The monoisotopic (exact) mass is 1750 g/mol. The van der Waals surface area contributed by atoms with Crippen LogP contribution in [0.5, 0.6) is 0 Å². The summed E-state index contributed by atoms with van der Waals surface area (Å²) in [5.41, 5.74) is 3.54. The van der Waals surface area contributed by atoms with Crippen LogP contribution >= 0.6 is 0 Å². The van der Waals surface area contributed by atoms with Crippen molar-refractivity contribution in [3.63, 3.8) is 0 Å². The molecule has 738 valence electrons.